The molecule has 4 aromatic rings. The van der Waals surface area contributed by atoms with E-state index >= 15 is 0 Å². The Balaban J connectivity index is 1.30. The molecular weight excluding hydrogens is 490 g/mol. The molecule has 6 rings (SSSR count). The number of benzene rings is 1. The number of ether oxygens (including phenoxy) is 1. The van der Waals surface area contributed by atoms with Crippen LogP contribution in [0.4, 0.5) is 17.6 Å². The summed E-state index contributed by atoms with van der Waals surface area (Å²) >= 11 is 0. The molecule has 2 unspecified atom stereocenters. The van der Waals surface area contributed by atoms with Crippen molar-refractivity contribution in [1.82, 2.24) is 30.5 Å². The van der Waals surface area contributed by atoms with Crippen molar-refractivity contribution in [3.63, 3.8) is 0 Å². The maximum Gasteiger partial charge on any atom is 0.225 e. The second-order valence-corrected chi connectivity index (χ2v) is 10.7. The number of nitrogens with zero attached hydrogens (tertiary/aromatic N) is 5. The zero-order valence-electron chi connectivity index (χ0n) is 22.2. The Morgan fingerprint density at radius 1 is 1.05 bits per heavy atom. The van der Waals surface area contributed by atoms with Crippen molar-refractivity contribution < 1.29 is 4.74 Å². The number of hydrogen-bond donors (Lipinski definition) is 4. The van der Waals surface area contributed by atoms with Gasteiger partial charge in [-0.1, -0.05) is 6.07 Å². The van der Waals surface area contributed by atoms with Gasteiger partial charge in [-0.25, -0.2) is 4.98 Å². The summed E-state index contributed by atoms with van der Waals surface area (Å²) in [5.41, 5.74) is 3.75. The summed E-state index contributed by atoms with van der Waals surface area (Å²) in [5, 5.41) is 28.0. The average molecular weight is 524 g/mol. The molecule has 0 radical (unpaired) electrons. The lowest BCUT2D eigenvalue weighted by Crippen LogP contribution is -2.54. The topological polar surface area (TPSA) is 136 Å². The Labute approximate surface area is 227 Å². The lowest BCUT2D eigenvalue weighted by atomic mass is 9.77. The maximum absolute atomic E-state index is 8.99. The third kappa shape index (κ3) is 5.64. The SMILES string of the molecule is COc1cncc(-c2ccc3c(Nc4cc(C)[nH]n4)nc(NC4CC5CC(CCC#N)CC(C4)N5)nc3c2)c1. The van der Waals surface area contributed by atoms with Crippen LogP contribution in [0.3, 0.4) is 0 Å². The lowest BCUT2D eigenvalue weighted by molar-refractivity contribution is 0.171. The Hall–Kier alpha value is -4.23. The standard InChI is InChI=1S/C29H33N9O/c1-17-8-27(38-37-17)35-28-25-6-5-19(20-11-24(39-2)16-31-15-20)12-26(25)34-29(36-28)33-23-13-21-9-18(4-3-7-30)10-22(14-23)32-21/h5-6,8,11-12,15-16,18,21-23,32H,3-4,9-10,13-14H2,1-2H3,(H3,33,34,35,36,37,38). The molecule has 5 heterocycles. The van der Waals surface area contributed by atoms with Crippen molar-refractivity contribution in [2.75, 3.05) is 17.7 Å². The zero-order chi connectivity index (χ0) is 26.8. The average Bonchev–Trinajstić information content (AvgIpc) is 3.35. The molecule has 1 aromatic carbocycles. The molecule has 2 atom stereocenters. The quantitative estimate of drug-likeness (QED) is 0.249. The highest BCUT2D eigenvalue weighted by molar-refractivity contribution is 5.94. The highest BCUT2D eigenvalue weighted by Gasteiger charge is 2.35. The molecule has 0 spiro atoms. The Bertz CT molecular complexity index is 1500. The van der Waals surface area contributed by atoms with Gasteiger partial charge in [0.2, 0.25) is 5.95 Å². The van der Waals surface area contributed by atoms with Gasteiger partial charge >= 0.3 is 0 Å². The number of nitriles is 1. The summed E-state index contributed by atoms with van der Waals surface area (Å²) < 4.78 is 5.37. The third-order valence-corrected chi connectivity index (χ3v) is 7.77. The number of hydrogen-bond acceptors (Lipinski definition) is 9. The number of pyridine rings is 1. The minimum atomic E-state index is 0.280. The van der Waals surface area contributed by atoms with Gasteiger partial charge in [0.15, 0.2) is 5.82 Å². The Morgan fingerprint density at radius 2 is 1.90 bits per heavy atom. The number of rotatable bonds is 8. The number of aryl methyl sites for hydroxylation is 1. The first-order valence-corrected chi connectivity index (χ1v) is 13.6. The molecule has 2 aliphatic rings. The second kappa shape index (κ2) is 10.9. The van der Waals surface area contributed by atoms with Crippen LogP contribution in [0.25, 0.3) is 22.0 Å². The molecule has 0 saturated carbocycles. The fraction of sp³-hybridized carbons (Fsp3) is 0.414. The van der Waals surface area contributed by atoms with Crippen molar-refractivity contribution in [2.24, 2.45) is 5.92 Å². The van der Waals surface area contributed by atoms with Crippen LogP contribution in [0.2, 0.25) is 0 Å². The van der Waals surface area contributed by atoms with E-state index in [0.717, 1.165) is 59.8 Å². The van der Waals surface area contributed by atoms with E-state index in [4.69, 9.17) is 20.0 Å². The van der Waals surface area contributed by atoms with Gasteiger partial charge in [-0.05, 0) is 68.7 Å². The van der Waals surface area contributed by atoms with Crippen LogP contribution in [0.15, 0.2) is 42.7 Å². The van der Waals surface area contributed by atoms with Crippen molar-refractivity contribution in [2.45, 2.75) is 63.6 Å². The second-order valence-electron chi connectivity index (χ2n) is 10.7. The maximum atomic E-state index is 8.99. The van der Waals surface area contributed by atoms with Crippen LogP contribution in [0.5, 0.6) is 5.75 Å². The third-order valence-electron chi connectivity index (χ3n) is 7.77. The minimum absolute atomic E-state index is 0.280. The first kappa shape index (κ1) is 25.1. The summed E-state index contributed by atoms with van der Waals surface area (Å²) in [4.78, 5) is 14.2. The molecule has 2 saturated heterocycles. The van der Waals surface area contributed by atoms with Crippen LogP contribution in [-0.2, 0) is 0 Å². The predicted octanol–water partition coefficient (Wildman–Crippen LogP) is 5.09. The number of anilines is 3. The van der Waals surface area contributed by atoms with Crippen molar-refractivity contribution in [3.05, 3.63) is 48.4 Å². The Kier molecular flexibility index (Phi) is 6.99. The summed E-state index contributed by atoms with van der Waals surface area (Å²) in [6.45, 7) is 1.97. The van der Waals surface area contributed by atoms with Crippen LogP contribution >= 0.6 is 0 Å². The summed E-state index contributed by atoms with van der Waals surface area (Å²) in [6, 6.07) is 13.6. The highest BCUT2D eigenvalue weighted by atomic mass is 16.5. The number of methoxy groups -OCH3 is 1. The monoisotopic (exact) mass is 523 g/mol. The summed E-state index contributed by atoms with van der Waals surface area (Å²) in [7, 11) is 1.64. The van der Waals surface area contributed by atoms with Gasteiger partial charge in [0.1, 0.15) is 11.6 Å². The van der Waals surface area contributed by atoms with E-state index in [2.05, 4.69) is 43.3 Å². The fourth-order valence-corrected chi connectivity index (χ4v) is 6.05. The Morgan fingerprint density at radius 3 is 2.64 bits per heavy atom. The van der Waals surface area contributed by atoms with Crippen molar-refractivity contribution in [1.29, 1.82) is 5.26 Å². The molecule has 2 aliphatic heterocycles. The molecule has 39 heavy (non-hydrogen) atoms. The molecule has 2 bridgehead atoms. The van der Waals surface area contributed by atoms with E-state index in [-0.39, 0.29) is 6.04 Å². The lowest BCUT2D eigenvalue weighted by Gasteiger charge is -2.43. The van der Waals surface area contributed by atoms with E-state index in [1.165, 1.54) is 0 Å². The van der Waals surface area contributed by atoms with Gasteiger partial charge in [0.05, 0.1) is 24.9 Å². The van der Waals surface area contributed by atoms with Crippen molar-refractivity contribution in [3.8, 4) is 22.9 Å². The van der Waals surface area contributed by atoms with Gasteiger partial charge in [0.25, 0.3) is 0 Å². The normalized spacial score (nSPS) is 22.3. The molecule has 4 N–H and O–H groups in total. The molecular formula is C29H33N9O. The first-order chi connectivity index (χ1) is 19.1. The van der Waals surface area contributed by atoms with Crippen molar-refractivity contribution >= 4 is 28.5 Å². The molecule has 10 nitrogen and oxygen atoms in total. The van der Waals surface area contributed by atoms with E-state index in [1.807, 2.05) is 37.4 Å². The number of aromatic amines is 1. The zero-order valence-corrected chi connectivity index (χ0v) is 22.2. The molecule has 0 amide bonds. The smallest absolute Gasteiger partial charge is 0.225 e. The fourth-order valence-electron chi connectivity index (χ4n) is 6.05. The van der Waals surface area contributed by atoms with Crippen LogP contribution in [-0.4, -0.2) is 50.4 Å². The first-order valence-electron chi connectivity index (χ1n) is 13.6. The highest BCUT2D eigenvalue weighted by Crippen LogP contribution is 2.34. The van der Waals surface area contributed by atoms with E-state index in [0.29, 0.717) is 47.8 Å². The number of nitrogens with one attached hydrogen (secondary N) is 4. The minimum Gasteiger partial charge on any atom is -0.495 e. The number of piperidine rings is 2. The predicted molar refractivity (Wildman–Crippen MR) is 151 cm³/mol. The molecule has 2 fully saturated rings. The molecule has 200 valence electrons. The van der Waals surface area contributed by atoms with Gasteiger partial charge in [-0.15, -0.1) is 0 Å². The molecule has 3 aromatic heterocycles. The van der Waals surface area contributed by atoms with E-state index in [9.17, 15) is 0 Å². The molecule has 10 heteroatoms. The number of H-pyrrole nitrogens is 1. The van der Waals surface area contributed by atoms with Crippen LogP contribution in [0, 0.1) is 24.2 Å². The van der Waals surface area contributed by atoms with Gasteiger partial charge < -0.3 is 20.7 Å². The number of aromatic nitrogens is 5. The number of fused-ring (bicyclic) bond motifs is 3. The van der Waals surface area contributed by atoms with E-state index in [1.54, 1.807) is 13.3 Å². The summed E-state index contributed by atoms with van der Waals surface area (Å²) in [5.74, 6) is 3.36. The van der Waals surface area contributed by atoms with Gasteiger partial charge in [-0.2, -0.15) is 15.3 Å². The largest absolute Gasteiger partial charge is 0.495 e. The van der Waals surface area contributed by atoms with Gasteiger partial charge in [0, 0.05) is 53.5 Å². The summed E-state index contributed by atoms with van der Waals surface area (Å²) in [6.07, 6.45) is 9.45. The molecule has 0 aliphatic carbocycles. The van der Waals surface area contributed by atoms with Crippen LogP contribution < -0.4 is 20.7 Å². The van der Waals surface area contributed by atoms with E-state index < -0.39 is 0 Å². The van der Waals surface area contributed by atoms with Crippen LogP contribution in [0.1, 0.15) is 44.2 Å². The van der Waals surface area contributed by atoms with Gasteiger partial charge in [-0.3, -0.25) is 10.1 Å².